The summed E-state index contributed by atoms with van der Waals surface area (Å²) >= 11 is 0. The Morgan fingerprint density at radius 3 is 2.95 bits per heavy atom. The number of para-hydroxylation sites is 2. The van der Waals surface area contributed by atoms with Gasteiger partial charge in [-0.15, -0.1) is 0 Å². The van der Waals surface area contributed by atoms with E-state index in [2.05, 4.69) is 10.1 Å². The van der Waals surface area contributed by atoms with Gasteiger partial charge in [0.2, 0.25) is 6.10 Å². The van der Waals surface area contributed by atoms with Crippen LogP contribution >= 0.6 is 0 Å². The highest BCUT2D eigenvalue weighted by atomic mass is 16.6. The van der Waals surface area contributed by atoms with Crippen molar-refractivity contribution < 1.29 is 19.1 Å². The van der Waals surface area contributed by atoms with Gasteiger partial charge in [-0.25, -0.2) is 0 Å². The van der Waals surface area contributed by atoms with Crippen molar-refractivity contribution in [3.05, 3.63) is 36.0 Å². The van der Waals surface area contributed by atoms with Crippen LogP contribution in [0, 0.1) is 0 Å². The van der Waals surface area contributed by atoms with Crippen molar-refractivity contribution in [1.82, 2.24) is 10.1 Å². The first kappa shape index (κ1) is 12.9. The smallest absolute Gasteiger partial charge is 0.271 e. The number of benzene rings is 1. The summed E-state index contributed by atoms with van der Waals surface area (Å²) in [5.41, 5.74) is 0. The average Bonchev–Trinajstić information content (AvgIpc) is 2.97. The Labute approximate surface area is 116 Å². The van der Waals surface area contributed by atoms with E-state index in [1.165, 1.54) is 0 Å². The van der Waals surface area contributed by atoms with Crippen LogP contribution in [0.5, 0.6) is 11.5 Å². The molecule has 1 aliphatic heterocycles. The lowest BCUT2D eigenvalue weighted by molar-refractivity contribution is 0.0665. The van der Waals surface area contributed by atoms with Crippen molar-refractivity contribution in [2.24, 2.45) is 0 Å². The minimum Gasteiger partial charge on any atom is -0.485 e. The number of hydrogen-bond acceptors (Lipinski definition) is 6. The molecule has 0 amide bonds. The quantitative estimate of drug-likeness (QED) is 0.924. The number of aliphatic hydroxyl groups excluding tert-OH is 1. The monoisotopic (exact) mass is 276 g/mol. The van der Waals surface area contributed by atoms with E-state index in [0.29, 0.717) is 36.2 Å². The number of rotatable bonds is 4. The van der Waals surface area contributed by atoms with Crippen LogP contribution in [-0.2, 0) is 0 Å². The number of aliphatic hydroxyl groups is 1. The van der Waals surface area contributed by atoms with Gasteiger partial charge in [0.05, 0.1) is 0 Å². The molecule has 1 aliphatic rings. The highest BCUT2D eigenvalue weighted by Crippen LogP contribution is 2.35. The van der Waals surface area contributed by atoms with Gasteiger partial charge in [0.15, 0.2) is 17.3 Å². The van der Waals surface area contributed by atoms with Gasteiger partial charge in [0.25, 0.3) is 5.89 Å². The van der Waals surface area contributed by atoms with Crippen LogP contribution in [0.1, 0.15) is 43.7 Å². The fourth-order valence-corrected chi connectivity index (χ4v) is 2.06. The molecular weight excluding hydrogens is 260 g/mol. The van der Waals surface area contributed by atoms with E-state index in [1.54, 1.807) is 0 Å². The fraction of sp³-hybridized carbons (Fsp3) is 0.429. The van der Waals surface area contributed by atoms with Crippen LogP contribution in [0.2, 0.25) is 0 Å². The number of aromatic nitrogens is 2. The number of fused-ring (bicyclic) bond motifs is 1. The van der Waals surface area contributed by atoms with Crippen molar-refractivity contribution >= 4 is 0 Å². The molecule has 2 atom stereocenters. The molecule has 2 heterocycles. The minimum absolute atomic E-state index is 0.296. The summed E-state index contributed by atoms with van der Waals surface area (Å²) in [4.78, 5) is 4.19. The maximum atomic E-state index is 9.83. The first-order chi connectivity index (χ1) is 9.78. The van der Waals surface area contributed by atoms with Gasteiger partial charge in [-0.1, -0.05) is 30.6 Å². The lowest BCUT2D eigenvalue weighted by Gasteiger charge is -2.23. The molecule has 1 N–H and O–H groups in total. The Bertz CT molecular complexity index is 584. The Morgan fingerprint density at radius 1 is 1.35 bits per heavy atom. The van der Waals surface area contributed by atoms with E-state index >= 15 is 0 Å². The number of ether oxygens (including phenoxy) is 2. The van der Waals surface area contributed by atoms with E-state index in [9.17, 15) is 5.11 Å². The zero-order valence-electron chi connectivity index (χ0n) is 11.2. The van der Waals surface area contributed by atoms with E-state index in [-0.39, 0.29) is 0 Å². The maximum Gasteiger partial charge on any atom is 0.271 e. The second-order valence-electron chi connectivity index (χ2n) is 4.66. The van der Waals surface area contributed by atoms with Crippen molar-refractivity contribution in [2.75, 3.05) is 6.61 Å². The van der Waals surface area contributed by atoms with Crippen LogP contribution in [0.4, 0.5) is 0 Å². The number of nitrogens with zero attached hydrogens (tertiary/aromatic N) is 2. The van der Waals surface area contributed by atoms with Gasteiger partial charge in [0.1, 0.15) is 12.7 Å². The second kappa shape index (κ2) is 5.50. The molecule has 0 saturated carbocycles. The molecule has 20 heavy (non-hydrogen) atoms. The summed E-state index contributed by atoms with van der Waals surface area (Å²) in [6.07, 6.45) is 0.305. The third-order valence-electron chi connectivity index (χ3n) is 3.10. The molecule has 3 rings (SSSR count). The molecule has 0 saturated heterocycles. The molecule has 2 aromatic rings. The molecule has 0 spiro atoms. The lowest BCUT2D eigenvalue weighted by Crippen LogP contribution is -2.21. The van der Waals surface area contributed by atoms with Gasteiger partial charge in [-0.05, 0) is 18.6 Å². The first-order valence-electron chi connectivity index (χ1n) is 6.68. The van der Waals surface area contributed by atoms with Gasteiger partial charge in [-0.3, -0.25) is 0 Å². The van der Waals surface area contributed by atoms with Crippen LogP contribution < -0.4 is 9.47 Å². The largest absolute Gasteiger partial charge is 0.485 e. The van der Waals surface area contributed by atoms with Gasteiger partial charge >= 0.3 is 0 Å². The Kier molecular flexibility index (Phi) is 3.56. The molecule has 6 nitrogen and oxygen atoms in total. The maximum absolute atomic E-state index is 9.83. The minimum atomic E-state index is -0.700. The first-order valence-corrected chi connectivity index (χ1v) is 6.68. The van der Waals surface area contributed by atoms with E-state index in [0.717, 1.165) is 6.42 Å². The number of hydrogen-bond donors (Lipinski definition) is 1. The molecule has 0 aliphatic carbocycles. The normalized spacial score (nSPS) is 18.8. The Hall–Kier alpha value is -2.08. The summed E-state index contributed by atoms with van der Waals surface area (Å²) < 4.78 is 16.5. The summed E-state index contributed by atoms with van der Waals surface area (Å²) in [6, 6.07) is 7.42. The molecule has 106 valence electrons. The Morgan fingerprint density at radius 2 is 2.15 bits per heavy atom. The van der Waals surface area contributed by atoms with Crippen LogP contribution in [0.25, 0.3) is 0 Å². The van der Waals surface area contributed by atoms with Crippen LogP contribution in [0.3, 0.4) is 0 Å². The van der Waals surface area contributed by atoms with Crippen molar-refractivity contribution in [3.63, 3.8) is 0 Å². The predicted octanol–water partition coefficient (Wildman–Crippen LogP) is 2.42. The fourth-order valence-electron chi connectivity index (χ4n) is 2.06. The highest BCUT2D eigenvalue weighted by Gasteiger charge is 2.28. The predicted molar refractivity (Wildman–Crippen MR) is 69.5 cm³/mol. The third-order valence-corrected chi connectivity index (χ3v) is 3.10. The average molecular weight is 276 g/mol. The van der Waals surface area contributed by atoms with Crippen molar-refractivity contribution in [3.8, 4) is 11.5 Å². The van der Waals surface area contributed by atoms with E-state index < -0.39 is 12.2 Å². The zero-order valence-corrected chi connectivity index (χ0v) is 11.2. The molecule has 2 unspecified atom stereocenters. The van der Waals surface area contributed by atoms with E-state index in [1.807, 2.05) is 31.2 Å². The molecule has 0 radical (unpaired) electrons. The van der Waals surface area contributed by atoms with Gasteiger partial charge < -0.3 is 19.1 Å². The highest BCUT2D eigenvalue weighted by molar-refractivity contribution is 5.40. The third kappa shape index (κ3) is 2.46. The molecule has 0 bridgehead atoms. The Balaban J connectivity index is 1.75. The summed E-state index contributed by atoms with van der Waals surface area (Å²) in [6.45, 7) is 2.29. The molecule has 6 heteroatoms. The molecule has 1 aromatic heterocycles. The standard InChI is InChI=1S/C14H16N2O4/c1-2-5-9(17)13-15-14(20-16-13)12-8-18-10-6-3-4-7-11(10)19-12/h3-4,6-7,9,12,17H,2,5,8H2,1H3. The van der Waals surface area contributed by atoms with Gasteiger partial charge in [-0.2, -0.15) is 4.98 Å². The molecule has 0 fully saturated rings. The van der Waals surface area contributed by atoms with Crippen LogP contribution in [0.15, 0.2) is 28.8 Å². The molecule has 1 aromatic carbocycles. The van der Waals surface area contributed by atoms with Gasteiger partial charge in [0, 0.05) is 0 Å². The summed E-state index contributed by atoms with van der Waals surface area (Å²) in [5, 5.41) is 13.6. The zero-order chi connectivity index (χ0) is 13.9. The van der Waals surface area contributed by atoms with E-state index in [4.69, 9.17) is 14.0 Å². The van der Waals surface area contributed by atoms with Crippen LogP contribution in [-0.4, -0.2) is 21.9 Å². The summed E-state index contributed by atoms with van der Waals surface area (Å²) in [5.74, 6) is 1.97. The molecular formula is C14H16N2O4. The van der Waals surface area contributed by atoms with Crippen molar-refractivity contribution in [1.29, 1.82) is 0 Å². The lowest BCUT2D eigenvalue weighted by atomic mass is 10.2. The SMILES string of the molecule is CCCC(O)c1noc(C2COc3ccccc3O2)n1. The second-order valence-corrected chi connectivity index (χ2v) is 4.66. The summed E-state index contributed by atoms with van der Waals surface area (Å²) in [7, 11) is 0. The topological polar surface area (TPSA) is 77.6 Å². The van der Waals surface area contributed by atoms with Crippen molar-refractivity contribution in [2.45, 2.75) is 32.0 Å².